The highest BCUT2D eigenvalue weighted by atomic mass is 32.1. The zero-order valence-corrected chi connectivity index (χ0v) is 13.9. The maximum Gasteiger partial charge on any atom is 0.273 e. The number of hydrogen-bond acceptors (Lipinski definition) is 5. The molecule has 0 aliphatic carbocycles. The Balaban J connectivity index is 1.45. The second-order valence-corrected chi connectivity index (χ2v) is 6.80. The Hall–Kier alpha value is -1.83. The van der Waals surface area contributed by atoms with Gasteiger partial charge in [0.1, 0.15) is 16.5 Å². The predicted molar refractivity (Wildman–Crippen MR) is 87.3 cm³/mol. The highest BCUT2D eigenvalue weighted by Crippen LogP contribution is 2.32. The molecule has 0 atom stereocenters. The third kappa shape index (κ3) is 2.94. The van der Waals surface area contributed by atoms with Gasteiger partial charge in [-0.1, -0.05) is 0 Å². The van der Waals surface area contributed by atoms with Crippen molar-refractivity contribution in [1.82, 2.24) is 9.88 Å². The Labute approximate surface area is 143 Å². The molecule has 0 saturated carbocycles. The number of halogens is 1. The number of thiazole rings is 1. The molecule has 2 aromatic rings. The first kappa shape index (κ1) is 15.7. The molecule has 2 aliphatic rings. The molecule has 126 valence electrons. The van der Waals surface area contributed by atoms with E-state index in [-0.39, 0.29) is 11.7 Å². The summed E-state index contributed by atoms with van der Waals surface area (Å²) in [5.74, 6) is -0.851. The van der Waals surface area contributed by atoms with Crippen molar-refractivity contribution < 1.29 is 18.7 Å². The molecule has 7 heteroatoms. The van der Waals surface area contributed by atoms with Gasteiger partial charge < -0.3 is 14.4 Å². The Morgan fingerprint density at radius 3 is 2.50 bits per heavy atom. The lowest BCUT2D eigenvalue weighted by Gasteiger charge is -2.37. The molecule has 2 fully saturated rings. The van der Waals surface area contributed by atoms with Crippen molar-refractivity contribution in [3.05, 3.63) is 41.2 Å². The molecule has 3 heterocycles. The Bertz CT molecular complexity index is 731. The number of carbonyl (C=O) groups is 1. The average molecular weight is 348 g/mol. The summed E-state index contributed by atoms with van der Waals surface area (Å²) in [4.78, 5) is 18.8. The van der Waals surface area contributed by atoms with E-state index in [0.717, 1.165) is 5.56 Å². The van der Waals surface area contributed by atoms with Gasteiger partial charge >= 0.3 is 0 Å². The zero-order chi connectivity index (χ0) is 16.6. The maximum atomic E-state index is 13.0. The third-order valence-electron chi connectivity index (χ3n) is 4.44. The number of aromatic nitrogens is 1. The molecule has 24 heavy (non-hydrogen) atoms. The van der Waals surface area contributed by atoms with E-state index in [4.69, 9.17) is 9.47 Å². The fraction of sp³-hybridized carbons (Fsp3) is 0.412. The lowest BCUT2D eigenvalue weighted by atomic mass is 10.0. The summed E-state index contributed by atoms with van der Waals surface area (Å²) in [6, 6.07) is 6.12. The lowest BCUT2D eigenvalue weighted by molar-refractivity contribution is -0.181. The van der Waals surface area contributed by atoms with Gasteiger partial charge in [-0.3, -0.25) is 4.79 Å². The molecular weight excluding hydrogens is 331 g/mol. The number of likely N-dealkylation sites (tertiary alicyclic amines) is 1. The third-order valence-corrected chi connectivity index (χ3v) is 5.33. The van der Waals surface area contributed by atoms with Crippen LogP contribution in [0.5, 0.6) is 0 Å². The van der Waals surface area contributed by atoms with E-state index in [9.17, 15) is 9.18 Å². The van der Waals surface area contributed by atoms with Crippen LogP contribution in [0.4, 0.5) is 4.39 Å². The monoisotopic (exact) mass is 348 g/mol. The van der Waals surface area contributed by atoms with E-state index < -0.39 is 5.79 Å². The van der Waals surface area contributed by atoms with Gasteiger partial charge in [0.2, 0.25) is 0 Å². The minimum atomic E-state index is -0.488. The van der Waals surface area contributed by atoms with E-state index >= 15 is 0 Å². The Morgan fingerprint density at radius 1 is 1.17 bits per heavy atom. The normalized spacial score (nSPS) is 19.8. The van der Waals surface area contributed by atoms with Crippen molar-refractivity contribution in [2.24, 2.45) is 0 Å². The molecule has 0 unspecified atom stereocenters. The van der Waals surface area contributed by atoms with Crippen LogP contribution in [0, 0.1) is 5.82 Å². The fourth-order valence-corrected chi connectivity index (χ4v) is 3.90. The first-order chi connectivity index (χ1) is 11.7. The fourth-order valence-electron chi connectivity index (χ4n) is 3.10. The summed E-state index contributed by atoms with van der Waals surface area (Å²) < 4.78 is 24.4. The first-order valence-corrected chi connectivity index (χ1v) is 8.82. The van der Waals surface area contributed by atoms with Crippen molar-refractivity contribution in [1.29, 1.82) is 0 Å². The van der Waals surface area contributed by atoms with Crippen molar-refractivity contribution in [3.63, 3.8) is 0 Å². The van der Waals surface area contributed by atoms with E-state index in [1.807, 2.05) is 0 Å². The van der Waals surface area contributed by atoms with Crippen LogP contribution in [0.25, 0.3) is 10.6 Å². The van der Waals surface area contributed by atoms with Crippen LogP contribution >= 0.6 is 11.3 Å². The molecule has 5 nitrogen and oxygen atoms in total. The topological polar surface area (TPSA) is 51.7 Å². The van der Waals surface area contributed by atoms with Gasteiger partial charge in [-0.2, -0.15) is 0 Å². The molecule has 0 bridgehead atoms. The lowest BCUT2D eigenvalue weighted by Crippen LogP contribution is -2.47. The second-order valence-electron chi connectivity index (χ2n) is 5.94. The number of piperidine rings is 1. The quantitative estimate of drug-likeness (QED) is 0.837. The van der Waals surface area contributed by atoms with Crippen LogP contribution in [-0.4, -0.2) is 47.9 Å². The highest BCUT2D eigenvalue weighted by molar-refractivity contribution is 7.13. The number of benzene rings is 1. The number of rotatable bonds is 2. The number of ether oxygens (including phenoxy) is 2. The van der Waals surface area contributed by atoms with Gasteiger partial charge in [0.15, 0.2) is 5.79 Å². The van der Waals surface area contributed by atoms with Crippen molar-refractivity contribution in [2.45, 2.75) is 18.6 Å². The van der Waals surface area contributed by atoms with Gasteiger partial charge in [-0.15, -0.1) is 11.3 Å². The average Bonchev–Trinajstić information content (AvgIpc) is 3.26. The van der Waals surface area contributed by atoms with Crippen LogP contribution in [0.3, 0.4) is 0 Å². The first-order valence-electron chi connectivity index (χ1n) is 7.94. The standard InChI is InChI=1S/C17H17FN2O3S/c18-13-3-1-12(2-4-13)15-19-14(11-24-15)16(21)20-7-5-17(6-8-20)22-9-10-23-17/h1-4,11H,5-10H2. The van der Waals surface area contributed by atoms with Crippen LogP contribution in [0.15, 0.2) is 29.6 Å². The molecular formula is C17H17FN2O3S. The van der Waals surface area contributed by atoms with Gasteiger partial charge in [-0.25, -0.2) is 9.37 Å². The molecule has 2 saturated heterocycles. The van der Waals surface area contributed by atoms with E-state index in [1.54, 1.807) is 22.4 Å². The summed E-state index contributed by atoms with van der Waals surface area (Å²) in [5.41, 5.74) is 1.24. The number of nitrogens with zero attached hydrogens (tertiary/aromatic N) is 2. The van der Waals surface area contributed by atoms with E-state index in [2.05, 4.69) is 4.98 Å². The minimum absolute atomic E-state index is 0.0764. The van der Waals surface area contributed by atoms with E-state index in [0.29, 0.717) is 49.8 Å². The van der Waals surface area contributed by atoms with E-state index in [1.165, 1.54) is 23.5 Å². The highest BCUT2D eigenvalue weighted by Gasteiger charge is 2.41. The summed E-state index contributed by atoms with van der Waals surface area (Å²) in [6.07, 6.45) is 1.38. The molecule has 0 radical (unpaired) electrons. The SMILES string of the molecule is O=C(c1csc(-c2ccc(F)cc2)n1)N1CCC2(CC1)OCCO2. The molecule has 1 spiro atoms. The van der Waals surface area contributed by atoms with Gasteiger partial charge in [0.25, 0.3) is 5.91 Å². The molecule has 1 amide bonds. The summed E-state index contributed by atoms with van der Waals surface area (Å²) in [6.45, 7) is 2.45. The maximum absolute atomic E-state index is 13.0. The Morgan fingerprint density at radius 2 is 1.83 bits per heavy atom. The van der Waals surface area contributed by atoms with Crippen LogP contribution < -0.4 is 0 Å². The van der Waals surface area contributed by atoms with Gasteiger partial charge in [-0.05, 0) is 24.3 Å². The largest absolute Gasteiger partial charge is 0.347 e. The van der Waals surface area contributed by atoms with Crippen LogP contribution in [0.2, 0.25) is 0 Å². The smallest absolute Gasteiger partial charge is 0.273 e. The summed E-state index contributed by atoms with van der Waals surface area (Å²) in [7, 11) is 0. The second kappa shape index (κ2) is 6.23. The number of amides is 1. The van der Waals surface area contributed by atoms with Gasteiger partial charge in [0.05, 0.1) is 13.2 Å². The molecule has 0 N–H and O–H groups in total. The number of hydrogen-bond donors (Lipinski definition) is 0. The van der Waals surface area contributed by atoms with Crippen LogP contribution in [0.1, 0.15) is 23.3 Å². The summed E-state index contributed by atoms with van der Waals surface area (Å²) in [5, 5.41) is 2.47. The molecule has 2 aliphatic heterocycles. The number of carbonyl (C=O) groups excluding carboxylic acids is 1. The zero-order valence-electron chi connectivity index (χ0n) is 13.0. The molecule has 1 aromatic carbocycles. The Kier molecular flexibility index (Phi) is 4.07. The predicted octanol–water partition coefficient (Wildman–Crippen LogP) is 2.93. The summed E-state index contributed by atoms with van der Waals surface area (Å²) >= 11 is 1.39. The van der Waals surface area contributed by atoms with Crippen molar-refractivity contribution in [2.75, 3.05) is 26.3 Å². The van der Waals surface area contributed by atoms with Crippen molar-refractivity contribution in [3.8, 4) is 10.6 Å². The van der Waals surface area contributed by atoms with Crippen LogP contribution in [-0.2, 0) is 9.47 Å². The van der Waals surface area contributed by atoms with Gasteiger partial charge in [0, 0.05) is 36.9 Å². The minimum Gasteiger partial charge on any atom is -0.347 e. The molecule has 4 rings (SSSR count). The van der Waals surface area contributed by atoms with Crippen molar-refractivity contribution >= 4 is 17.2 Å². The molecule has 1 aromatic heterocycles.